The monoisotopic (exact) mass is 471 g/mol. The minimum atomic E-state index is -1.07. The number of fused-ring (bicyclic) bond motifs is 1. The molecule has 2 saturated carbocycles. The predicted molar refractivity (Wildman–Crippen MR) is 133 cm³/mol. The quantitative estimate of drug-likeness (QED) is 0.470. The zero-order valence-electron chi connectivity index (χ0n) is 20.0. The smallest absolute Gasteiger partial charge is 0.358 e. The number of carboxylic acid groups (broad SMARTS) is 1. The zero-order chi connectivity index (χ0) is 24.1. The number of nitrogens with zero attached hydrogens (tertiary/aromatic N) is 3. The number of anilines is 1. The molecular formula is C28H29N3O4. The Morgan fingerprint density at radius 3 is 2.71 bits per heavy atom. The van der Waals surface area contributed by atoms with Crippen LogP contribution in [0.25, 0.3) is 17.3 Å². The summed E-state index contributed by atoms with van der Waals surface area (Å²) in [6.07, 6.45) is 8.59. The lowest BCUT2D eigenvalue weighted by molar-refractivity contribution is 0.0685. The van der Waals surface area contributed by atoms with Crippen LogP contribution in [-0.2, 0) is 0 Å². The summed E-state index contributed by atoms with van der Waals surface area (Å²) in [5.74, 6) is 2.50. The van der Waals surface area contributed by atoms with Gasteiger partial charge in [-0.1, -0.05) is 41.6 Å². The first kappa shape index (κ1) is 21.9. The van der Waals surface area contributed by atoms with Crippen molar-refractivity contribution >= 4 is 17.7 Å². The number of carboxylic acids is 1. The van der Waals surface area contributed by atoms with Crippen LogP contribution in [0.3, 0.4) is 0 Å². The number of ether oxygens (including phenoxy) is 1. The van der Waals surface area contributed by atoms with Crippen LogP contribution in [0.4, 0.5) is 5.69 Å². The van der Waals surface area contributed by atoms with E-state index in [9.17, 15) is 9.90 Å². The van der Waals surface area contributed by atoms with Gasteiger partial charge < -0.3 is 19.3 Å². The maximum Gasteiger partial charge on any atom is 0.358 e. The van der Waals surface area contributed by atoms with Crippen molar-refractivity contribution in [2.24, 2.45) is 17.8 Å². The Hall–Kier alpha value is -3.61. The number of piperidine rings is 1. The standard InChI is InChI=1S/C28H29N3O4/c1-3-34-24-12-18(13-29-26(24)28(32)33)31-14-22-20(23(22)15-31)10-11-21-25(19-7-5-4-6-16(19)2)30-35-27(21)17-8-9-17/h4-7,10-13,17,20,22-23H,3,8-9,14-15H2,1-2H3,(H,32,33)/b11-10+. The molecule has 1 aliphatic heterocycles. The van der Waals surface area contributed by atoms with E-state index < -0.39 is 5.97 Å². The highest BCUT2D eigenvalue weighted by molar-refractivity contribution is 5.89. The van der Waals surface area contributed by atoms with Crippen molar-refractivity contribution in [2.45, 2.75) is 32.6 Å². The third-order valence-electron chi connectivity index (χ3n) is 7.56. The molecule has 0 bridgehead atoms. The molecule has 3 aliphatic rings. The fraction of sp³-hybridized carbons (Fsp3) is 0.393. The number of hydrogen-bond acceptors (Lipinski definition) is 6. The van der Waals surface area contributed by atoms with E-state index in [0.29, 0.717) is 36.0 Å². The van der Waals surface area contributed by atoms with E-state index in [0.717, 1.165) is 41.4 Å². The van der Waals surface area contributed by atoms with Crippen molar-refractivity contribution in [3.05, 3.63) is 65.2 Å². The first-order valence-corrected chi connectivity index (χ1v) is 12.4. The summed E-state index contributed by atoms with van der Waals surface area (Å²) >= 11 is 0. The first-order valence-electron chi connectivity index (χ1n) is 12.4. The molecule has 3 aromatic rings. The van der Waals surface area contributed by atoms with Gasteiger partial charge in [0, 0.05) is 36.2 Å². The second kappa shape index (κ2) is 8.56. The molecule has 35 heavy (non-hydrogen) atoms. The van der Waals surface area contributed by atoms with Crippen molar-refractivity contribution in [1.82, 2.24) is 10.1 Å². The largest absolute Gasteiger partial charge is 0.491 e. The van der Waals surface area contributed by atoms with Crippen molar-refractivity contribution < 1.29 is 19.2 Å². The van der Waals surface area contributed by atoms with E-state index in [1.165, 1.54) is 18.4 Å². The topological polar surface area (TPSA) is 88.7 Å². The lowest BCUT2D eigenvalue weighted by Gasteiger charge is -2.22. The van der Waals surface area contributed by atoms with E-state index in [4.69, 9.17) is 9.26 Å². The van der Waals surface area contributed by atoms with E-state index in [1.807, 2.05) is 13.0 Å². The molecule has 180 valence electrons. The molecule has 3 heterocycles. The second-order valence-electron chi connectivity index (χ2n) is 9.85. The van der Waals surface area contributed by atoms with E-state index in [-0.39, 0.29) is 5.69 Å². The molecule has 2 unspecified atom stereocenters. The molecule has 1 N–H and O–H groups in total. The number of hydrogen-bond donors (Lipinski definition) is 1. The van der Waals surface area contributed by atoms with Gasteiger partial charge in [-0.15, -0.1) is 0 Å². The zero-order valence-corrected chi connectivity index (χ0v) is 20.0. The van der Waals surface area contributed by atoms with Crippen LogP contribution in [0.5, 0.6) is 5.75 Å². The molecule has 3 fully saturated rings. The van der Waals surface area contributed by atoms with Crippen molar-refractivity contribution in [3.63, 3.8) is 0 Å². The van der Waals surface area contributed by atoms with Crippen molar-refractivity contribution in [1.29, 1.82) is 0 Å². The lowest BCUT2D eigenvalue weighted by Crippen LogP contribution is -2.24. The fourth-order valence-corrected chi connectivity index (χ4v) is 5.45. The fourth-order valence-electron chi connectivity index (χ4n) is 5.45. The molecular weight excluding hydrogens is 442 g/mol. The molecule has 2 aliphatic carbocycles. The number of aromatic carboxylic acids is 1. The average molecular weight is 472 g/mol. The highest BCUT2D eigenvalue weighted by Gasteiger charge is 2.54. The molecule has 0 radical (unpaired) electrons. The molecule has 1 aromatic carbocycles. The van der Waals surface area contributed by atoms with Gasteiger partial charge >= 0.3 is 5.97 Å². The van der Waals surface area contributed by atoms with Crippen LogP contribution in [0.15, 0.2) is 47.1 Å². The summed E-state index contributed by atoms with van der Waals surface area (Å²) in [4.78, 5) is 17.9. The van der Waals surface area contributed by atoms with Gasteiger partial charge in [0.1, 0.15) is 11.5 Å². The molecule has 2 aromatic heterocycles. The molecule has 0 spiro atoms. The van der Waals surface area contributed by atoms with Gasteiger partial charge in [-0.3, -0.25) is 0 Å². The molecule has 7 heteroatoms. The number of allylic oxidation sites excluding steroid dienone is 1. The summed E-state index contributed by atoms with van der Waals surface area (Å²) in [5, 5.41) is 13.8. The van der Waals surface area contributed by atoms with Gasteiger partial charge in [0.25, 0.3) is 0 Å². The number of benzene rings is 1. The van der Waals surface area contributed by atoms with Crippen LogP contribution < -0.4 is 9.64 Å². The first-order chi connectivity index (χ1) is 17.0. The van der Waals surface area contributed by atoms with Gasteiger partial charge in [-0.25, -0.2) is 9.78 Å². The SMILES string of the molecule is CCOc1cc(N2CC3C(/C=C/c4c(-c5ccccc5C)noc4C4CC4)C3C2)cnc1C(=O)O. The van der Waals surface area contributed by atoms with Gasteiger partial charge in [0.05, 0.1) is 18.5 Å². The number of rotatable bonds is 8. The van der Waals surface area contributed by atoms with E-state index in [2.05, 4.69) is 58.4 Å². The number of carbonyl (C=O) groups is 1. The van der Waals surface area contributed by atoms with Gasteiger partial charge in [0.15, 0.2) is 11.4 Å². The Bertz CT molecular complexity index is 1300. The minimum absolute atomic E-state index is 0.0367. The highest BCUT2D eigenvalue weighted by atomic mass is 16.5. The third kappa shape index (κ3) is 3.99. The Labute approximate surface area is 204 Å². The van der Waals surface area contributed by atoms with Gasteiger partial charge in [-0.05, 0) is 50.0 Å². The Morgan fingerprint density at radius 1 is 1.26 bits per heavy atom. The van der Waals surface area contributed by atoms with Crippen LogP contribution in [-0.4, -0.2) is 40.9 Å². The van der Waals surface area contributed by atoms with Gasteiger partial charge in [0.2, 0.25) is 0 Å². The summed E-state index contributed by atoms with van der Waals surface area (Å²) < 4.78 is 11.4. The molecule has 0 amide bonds. The van der Waals surface area contributed by atoms with E-state index in [1.54, 1.807) is 6.20 Å². The second-order valence-corrected chi connectivity index (χ2v) is 9.85. The molecule has 2 atom stereocenters. The van der Waals surface area contributed by atoms with Crippen LogP contribution in [0.1, 0.15) is 53.1 Å². The highest BCUT2D eigenvalue weighted by Crippen LogP contribution is 2.54. The summed E-state index contributed by atoms with van der Waals surface area (Å²) in [5.41, 5.74) is 5.30. The maximum absolute atomic E-state index is 11.4. The van der Waals surface area contributed by atoms with Crippen LogP contribution in [0, 0.1) is 24.7 Å². The average Bonchev–Trinajstić information content (AvgIpc) is 3.71. The third-order valence-corrected chi connectivity index (χ3v) is 7.56. The Balaban J connectivity index is 1.18. The summed E-state index contributed by atoms with van der Waals surface area (Å²) in [6.45, 7) is 6.23. The normalized spacial score (nSPS) is 23.0. The van der Waals surface area contributed by atoms with Crippen LogP contribution >= 0.6 is 0 Å². The van der Waals surface area contributed by atoms with E-state index >= 15 is 0 Å². The molecule has 1 saturated heterocycles. The molecule has 7 nitrogen and oxygen atoms in total. The lowest BCUT2D eigenvalue weighted by atomic mass is 9.99. The van der Waals surface area contributed by atoms with Crippen LogP contribution in [0.2, 0.25) is 0 Å². The number of aromatic nitrogens is 2. The minimum Gasteiger partial charge on any atom is -0.491 e. The number of aryl methyl sites for hydroxylation is 1. The van der Waals surface area contributed by atoms with Crippen molar-refractivity contribution in [3.8, 4) is 17.0 Å². The van der Waals surface area contributed by atoms with Gasteiger partial charge in [-0.2, -0.15) is 0 Å². The van der Waals surface area contributed by atoms with Crippen molar-refractivity contribution in [2.75, 3.05) is 24.6 Å². The summed E-state index contributed by atoms with van der Waals surface area (Å²) in [7, 11) is 0. The number of pyridine rings is 1. The molecule has 6 rings (SSSR count). The maximum atomic E-state index is 11.4. The Morgan fingerprint density at radius 2 is 2.03 bits per heavy atom. The summed E-state index contributed by atoms with van der Waals surface area (Å²) in [6, 6.07) is 10.1. The Kier molecular flexibility index (Phi) is 5.35. The predicted octanol–water partition coefficient (Wildman–Crippen LogP) is 5.41.